The highest BCUT2D eigenvalue weighted by molar-refractivity contribution is 7.79. The van der Waals surface area contributed by atoms with Gasteiger partial charge in [-0.05, 0) is 5.56 Å². The van der Waals surface area contributed by atoms with Crippen LogP contribution in [0.1, 0.15) is 11.2 Å². The smallest absolute Gasteiger partial charge is 0.153 e. The molecule has 0 N–H and O–H groups in total. The molecule has 1 unspecified atom stereocenters. The molecule has 1 atom stereocenters. The number of rotatable bonds is 5. The van der Waals surface area contributed by atoms with Crippen LogP contribution >= 0.6 is 7.14 Å². The second-order valence-electron chi connectivity index (χ2n) is 5.42. The maximum atomic E-state index is 14.3. The normalized spacial score (nSPS) is 12.5. The Bertz CT molecular complexity index is 767. The average molecular weight is 318 g/mol. The van der Waals surface area contributed by atoms with Crippen LogP contribution in [0.3, 0.4) is 0 Å². The molecule has 0 amide bonds. The highest BCUT2D eigenvalue weighted by Gasteiger charge is 2.35. The van der Waals surface area contributed by atoms with E-state index < -0.39 is 7.14 Å². The summed E-state index contributed by atoms with van der Waals surface area (Å²) >= 11 is 0. The third kappa shape index (κ3) is 2.93. The van der Waals surface area contributed by atoms with Crippen molar-refractivity contribution in [2.24, 2.45) is 0 Å². The first-order chi connectivity index (χ1) is 11.3. The fourth-order valence-electron chi connectivity index (χ4n) is 2.91. The van der Waals surface area contributed by atoms with E-state index in [9.17, 15) is 4.57 Å². The topological polar surface area (TPSA) is 17.1 Å². The van der Waals surface area contributed by atoms with Crippen molar-refractivity contribution in [1.29, 1.82) is 0 Å². The summed E-state index contributed by atoms with van der Waals surface area (Å²) in [6.45, 7) is 3.98. The highest BCUT2D eigenvalue weighted by Crippen LogP contribution is 2.57. The summed E-state index contributed by atoms with van der Waals surface area (Å²) < 4.78 is 14.3. The minimum atomic E-state index is -2.87. The maximum absolute atomic E-state index is 14.3. The van der Waals surface area contributed by atoms with Crippen LogP contribution in [0.15, 0.2) is 104 Å². The van der Waals surface area contributed by atoms with Gasteiger partial charge in [-0.2, -0.15) is 0 Å². The van der Waals surface area contributed by atoms with Crippen LogP contribution in [0.25, 0.3) is 0 Å². The number of hydrogen-bond acceptors (Lipinski definition) is 1. The lowest BCUT2D eigenvalue weighted by Gasteiger charge is -2.27. The molecule has 0 aliphatic heterocycles. The predicted molar refractivity (Wildman–Crippen MR) is 99.1 cm³/mol. The van der Waals surface area contributed by atoms with Gasteiger partial charge in [0.25, 0.3) is 0 Å². The lowest BCUT2D eigenvalue weighted by Crippen LogP contribution is -2.20. The van der Waals surface area contributed by atoms with Crippen LogP contribution in [-0.2, 0) is 4.57 Å². The molecule has 23 heavy (non-hydrogen) atoms. The second kappa shape index (κ2) is 6.81. The first kappa shape index (κ1) is 15.5. The van der Waals surface area contributed by atoms with E-state index in [-0.39, 0.29) is 5.66 Å². The zero-order valence-corrected chi connectivity index (χ0v) is 13.8. The summed E-state index contributed by atoms with van der Waals surface area (Å²) in [5.41, 5.74) is 0.784. The van der Waals surface area contributed by atoms with Crippen LogP contribution in [-0.4, -0.2) is 0 Å². The van der Waals surface area contributed by atoms with Crippen LogP contribution in [0.5, 0.6) is 0 Å². The van der Waals surface area contributed by atoms with Gasteiger partial charge in [-0.25, -0.2) is 0 Å². The summed E-state index contributed by atoms with van der Waals surface area (Å²) in [5.74, 6) is 0. The van der Waals surface area contributed by atoms with Crippen molar-refractivity contribution in [3.05, 3.63) is 109 Å². The minimum Gasteiger partial charge on any atom is -0.313 e. The molecule has 1 nitrogen and oxygen atoms in total. The third-order valence-corrected chi connectivity index (χ3v) is 7.46. The Labute approximate surface area is 137 Å². The molecule has 0 aromatic heterocycles. The van der Waals surface area contributed by atoms with Crippen molar-refractivity contribution in [3.63, 3.8) is 0 Å². The van der Waals surface area contributed by atoms with Crippen molar-refractivity contribution in [2.75, 3.05) is 0 Å². The molecule has 0 saturated heterocycles. The van der Waals surface area contributed by atoms with Crippen molar-refractivity contribution >= 4 is 17.8 Å². The molecule has 0 spiro atoms. The van der Waals surface area contributed by atoms with E-state index in [1.54, 1.807) is 0 Å². The maximum Gasteiger partial charge on any atom is 0.153 e. The van der Waals surface area contributed by atoms with Crippen molar-refractivity contribution in [2.45, 2.75) is 5.66 Å². The Hall–Kier alpha value is -2.37. The molecule has 0 saturated carbocycles. The Morgan fingerprint density at radius 1 is 0.696 bits per heavy atom. The monoisotopic (exact) mass is 318 g/mol. The zero-order chi connectivity index (χ0) is 16.1. The van der Waals surface area contributed by atoms with Gasteiger partial charge >= 0.3 is 0 Å². The molecule has 0 heterocycles. The van der Waals surface area contributed by atoms with E-state index in [1.807, 2.05) is 97.1 Å². The number of hydrogen-bond donors (Lipinski definition) is 0. The third-order valence-electron chi connectivity index (χ3n) is 4.04. The van der Waals surface area contributed by atoms with Gasteiger partial charge < -0.3 is 4.57 Å². The Kier molecular flexibility index (Phi) is 4.60. The Morgan fingerprint density at radius 2 is 1.09 bits per heavy atom. The summed E-state index contributed by atoms with van der Waals surface area (Å²) in [7, 11) is -2.87. The SMILES string of the molecule is C=CC(c1ccccc1)P(=O)(c1ccccc1)c1ccccc1. The standard InChI is InChI=1S/C21H19OP/c1-2-21(18-12-6-3-7-13-18)23(22,19-14-8-4-9-15-19)20-16-10-5-11-17-20/h2-17,21H,1H2. The fraction of sp³-hybridized carbons (Fsp3) is 0.0476. The van der Waals surface area contributed by atoms with Crippen molar-refractivity contribution in [1.82, 2.24) is 0 Å². The zero-order valence-electron chi connectivity index (χ0n) is 12.9. The molecule has 3 rings (SSSR count). The van der Waals surface area contributed by atoms with E-state index in [1.165, 1.54) is 0 Å². The van der Waals surface area contributed by atoms with E-state index >= 15 is 0 Å². The first-order valence-electron chi connectivity index (χ1n) is 7.65. The van der Waals surface area contributed by atoms with Gasteiger partial charge in [0.15, 0.2) is 7.14 Å². The van der Waals surface area contributed by atoms with Gasteiger partial charge in [-0.1, -0.05) is 97.1 Å². The van der Waals surface area contributed by atoms with Crippen LogP contribution in [0.2, 0.25) is 0 Å². The lowest BCUT2D eigenvalue weighted by molar-refractivity contribution is 0.583. The first-order valence-corrected chi connectivity index (χ1v) is 9.43. The van der Waals surface area contributed by atoms with Crippen molar-refractivity contribution < 1.29 is 4.57 Å². The molecule has 0 fully saturated rings. The molecule has 0 aliphatic carbocycles. The van der Waals surface area contributed by atoms with Gasteiger partial charge in [-0.15, -0.1) is 6.58 Å². The molecule has 2 heteroatoms. The fourth-order valence-corrected chi connectivity index (χ4v) is 5.97. The molecular weight excluding hydrogens is 299 g/mol. The highest BCUT2D eigenvalue weighted by atomic mass is 31.2. The second-order valence-corrected chi connectivity index (χ2v) is 8.33. The van der Waals surface area contributed by atoms with Gasteiger partial charge in [-0.3, -0.25) is 0 Å². The lowest BCUT2D eigenvalue weighted by atomic mass is 10.1. The predicted octanol–water partition coefficient (Wildman–Crippen LogP) is 4.93. The summed E-state index contributed by atoms with van der Waals surface area (Å²) in [6, 6.07) is 29.4. The summed E-state index contributed by atoms with van der Waals surface area (Å²) in [5, 5.41) is 1.72. The molecule has 3 aromatic rings. The van der Waals surface area contributed by atoms with Crippen LogP contribution < -0.4 is 10.6 Å². The van der Waals surface area contributed by atoms with Gasteiger partial charge in [0.05, 0.1) is 5.66 Å². The minimum absolute atomic E-state index is 0.242. The average Bonchev–Trinajstić information content (AvgIpc) is 2.64. The van der Waals surface area contributed by atoms with E-state index in [2.05, 4.69) is 6.58 Å². The molecule has 0 radical (unpaired) electrons. The molecule has 0 aliphatic rings. The summed E-state index contributed by atoms with van der Waals surface area (Å²) in [6.07, 6.45) is 1.82. The molecule has 3 aromatic carbocycles. The summed E-state index contributed by atoms with van der Waals surface area (Å²) in [4.78, 5) is 0. The largest absolute Gasteiger partial charge is 0.313 e. The Balaban J connectivity index is 2.24. The van der Waals surface area contributed by atoms with E-state index in [4.69, 9.17) is 0 Å². The Morgan fingerprint density at radius 3 is 1.48 bits per heavy atom. The molecular formula is C21H19OP. The van der Waals surface area contributed by atoms with Gasteiger partial charge in [0, 0.05) is 10.6 Å². The van der Waals surface area contributed by atoms with Crippen LogP contribution in [0, 0.1) is 0 Å². The van der Waals surface area contributed by atoms with E-state index in [0.29, 0.717) is 0 Å². The van der Waals surface area contributed by atoms with Crippen molar-refractivity contribution in [3.8, 4) is 0 Å². The van der Waals surface area contributed by atoms with Crippen LogP contribution in [0.4, 0.5) is 0 Å². The number of benzene rings is 3. The quantitative estimate of drug-likeness (QED) is 0.481. The molecule has 114 valence electrons. The van der Waals surface area contributed by atoms with Gasteiger partial charge in [0.1, 0.15) is 0 Å². The van der Waals surface area contributed by atoms with Gasteiger partial charge in [0.2, 0.25) is 0 Å². The number of allylic oxidation sites excluding steroid dienone is 1. The van der Waals surface area contributed by atoms with E-state index in [0.717, 1.165) is 16.2 Å². The molecule has 0 bridgehead atoms.